The van der Waals surface area contributed by atoms with Gasteiger partial charge < -0.3 is 19.5 Å². The van der Waals surface area contributed by atoms with Crippen LogP contribution < -0.4 is 0 Å². The van der Waals surface area contributed by atoms with E-state index >= 15 is 0 Å². The lowest BCUT2D eigenvalue weighted by Crippen LogP contribution is -2.28. The maximum atomic E-state index is 13.4. The molecule has 0 aliphatic carbocycles. The second-order valence-electron chi connectivity index (χ2n) is 27.5. The molecule has 0 rings (SSSR count). The fourth-order valence-electron chi connectivity index (χ4n) is 12.3. The Morgan fingerprint density at radius 1 is 0.269 bits per heavy atom. The van der Waals surface area contributed by atoms with E-state index in [0.29, 0.717) is 12.8 Å². The Balaban J connectivity index is 5.04. The molecule has 0 radical (unpaired) electrons. The summed E-state index contributed by atoms with van der Waals surface area (Å²) < 4.78 is 12.6. The number of ether oxygens (including phenoxy) is 2. The van der Waals surface area contributed by atoms with Crippen LogP contribution in [0.5, 0.6) is 0 Å². The van der Waals surface area contributed by atoms with Gasteiger partial charge in [0.25, 0.3) is 0 Å². The summed E-state index contributed by atoms with van der Waals surface area (Å²) in [5.41, 5.74) is 0. The Labute approximate surface area is 580 Å². The number of aliphatic hydroxyl groups excluding tert-OH is 1. The first-order valence-corrected chi connectivity index (χ1v) is 40.9. The molecule has 1 N–H and O–H groups in total. The third kappa shape index (κ3) is 74.4. The molecule has 0 atom stereocenters. The van der Waals surface area contributed by atoms with Gasteiger partial charge in [0, 0.05) is 26.0 Å². The SMILES string of the molecule is CCCCC/C=C\C/C=C\CCCCCCCCC(CCCCCCCC/C=C\C/C=C\CCCCC)OC(=O)CCCCN(CCCO)CCCCC(=O)OC(CCCCCCCC/C=C\C/C=C\CCCCC)CCCCCCCC/C=C\C/C=C\CCCCC. The Hall–Kier alpha value is -3.22. The Kier molecular flexibility index (Phi) is 76.7. The van der Waals surface area contributed by atoms with E-state index in [4.69, 9.17) is 9.47 Å². The van der Waals surface area contributed by atoms with Gasteiger partial charge in [-0.1, -0.05) is 279 Å². The molecule has 0 heterocycles. The van der Waals surface area contributed by atoms with E-state index < -0.39 is 0 Å². The van der Waals surface area contributed by atoms with Crippen LogP contribution >= 0.6 is 0 Å². The highest BCUT2D eigenvalue weighted by Gasteiger charge is 2.17. The Bertz CT molecular complexity index is 1540. The summed E-state index contributed by atoms with van der Waals surface area (Å²) in [6.07, 6.45) is 106. The second kappa shape index (κ2) is 79.5. The maximum Gasteiger partial charge on any atom is 0.306 e. The average Bonchev–Trinajstić information content (AvgIpc) is 3.79. The van der Waals surface area contributed by atoms with Crippen molar-refractivity contribution in [2.45, 2.75) is 419 Å². The molecule has 0 spiro atoms. The first kappa shape index (κ1) is 89.8. The summed E-state index contributed by atoms with van der Waals surface area (Å²) in [7, 11) is 0. The highest BCUT2D eigenvalue weighted by atomic mass is 16.5. The highest BCUT2D eigenvalue weighted by molar-refractivity contribution is 5.69. The molecule has 0 aliphatic rings. The molecule has 0 saturated carbocycles. The molecular formula is C87H157NO5. The molecule has 0 aromatic heterocycles. The number of hydrogen-bond acceptors (Lipinski definition) is 6. The molecule has 0 saturated heterocycles. The summed E-state index contributed by atoms with van der Waals surface area (Å²) in [6, 6.07) is 0. The number of unbranched alkanes of at least 4 members (excludes halogenated alkanes) is 38. The van der Waals surface area contributed by atoms with Gasteiger partial charge in [-0.05, 0) is 225 Å². The summed E-state index contributed by atoms with van der Waals surface area (Å²) >= 11 is 0. The smallest absolute Gasteiger partial charge is 0.306 e. The summed E-state index contributed by atoms with van der Waals surface area (Å²) in [5.74, 6) is -0.0633. The lowest BCUT2D eigenvalue weighted by molar-refractivity contribution is -0.151. The first-order chi connectivity index (χ1) is 46.0. The van der Waals surface area contributed by atoms with E-state index in [1.807, 2.05) is 0 Å². The highest BCUT2D eigenvalue weighted by Crippen LogP contribution is 2.22. The van der Waals surface area contributed by atoms with Crippen molar-refractivity contribution in [3.63, 3.8) is 0 Å². The van der Waals surface area contributed by atoms with Crippen molar-refractivity contribution in [3.05, 3.63) is 97.2 Å². The fourth-order valence-corrected chi connectivity index (χ4v) is 12.3. The van der Waals surface area contributed by atoms with Gasteiger partial charge >= 0.3 is 11.9 Å². The van der Waals surface area contributed by atoms with E-state index in [1.165, 1.54) is 257 Å². The number of nitrogens with zero attached hydrogens (tertiary/aromatic N) is 1. The van der Waals surface area contributed by atoms with Crippen LogP contribution in [0.25, 0.3) is 0 Å². The fraction of sp³-hybridized carbons (Fsp3) is 0.793. The van der Waals surface area contributed by atoms with Gasteiger partial charge in [-0.15, -0.1) is 0 Å². The van der Waals surface area contributed by atoms with Crippen LogP contribution in [0.1, 0.15) is 407 Å². The molecule has 0 fully saturated rings. The minimum Gasteiger partial charge on any atom is -0.462 e. The van der Waals surface area contributed by atoms with Crippen molar-refractivity contribution in [2.24, 2.45) is 0 Å². The maximum absolute atomic E-state index is 13.4. The lowest BCUT2D eigenvalue weighted by atomic mass is 10.0. The zero-order chi connectivity index (χ0) is 67.2. The van der Waals surface area contributed by atoms with E-state index in [-0.39, 0.29) is 30.8 Å². The molecule has 0 aliphatic heterocycles. The lowest BCUT2D eigenvalue weighted by Gasteiger charge is -2.22. The summed E-state index contributed by atoms with van der Waals surface area (Å²) in [5, 5.41) is 9.76. The first-order valence-electron chi connectivity index (χ1n) is 40.9. The quantitative estimate of drug-likeness (QED) is 0.0372. The third-order valence-electron chi connectivity index (χ3n) is 18.3. The van der Waals surface area contributed by atoms with E-state index in [1.54, 1.807) is 0 Å². The number of aliphatic hydroxyl groups is 1. The number of rotatable bonds is 75. The molecular weight excluding hydrogens is 1140 g/mol. The van der Waals surface area contributed by atoms with Crippen LogP contribution in [0.3, 0.4) is 0 Å². The molecule has 6 heteroatoms. The predicted molar refractivity (Wildman–Crippen MR) is 412 cm³/mol. The molecule has 0 unspecified atom stereocenters. The van der Waals surface area contributed by atoms with Crippen LogP contribution in [0.15, 0.2) is 97.2 Å². The molecule has 540 valence electrons. The van der Waals surface area contributed by atoms with E-state index in [0.717, 1.165) is 129 Å². The number of hydrogen-bond donors (Lipinski definition) is 1. The zero-order valence-corrected chi connectivity index (χ0v) is 62.5. The number of carbonyl (C=O) groups excluding carboxylic acids is 2. The van der Waals surface area contributed by atoms with Gasteiger partial charge in [-0.2, -0.15) is 0 Å². The topological polar surface area (TPSA) is 76.1 Å². The molecule has 0 amide bonds. The molecule has 0 aromatic rings. The van der Waals surface area contributed by atoms with E-state index in [9.17, 15) is 14.7 Å². The minimum absolute atomic E-state index is 0.0308. The van der Waals surface area contributed by atoms with Gasteiger partial charge in [-0.25, -0.2) is 0 Å². The van der Waals surface area contributed by atoms with Gasteiger partial charge in [0.05, 0.1) is 0 Å². The third-order valence-corrected chi connectivity index (χ3v) is 18.3. The predicted octanol–water partition coefficient (Wildman–Crippen LogP) is 27.6. The monoisotopic (exact) mass is 1300 g/mol. The molecule has 93 heavy (non-hydrogen) atoms. The van der Waals surface area contributed by atoms with Gasteiger partial charge in [0.1, 0.15) is 12.2 Å². The number of esters is 2. The zero-order valence-electron chi connectivity index (χ0n) is 62.5. The Morgan fingerprint density at radius 3 is 0.720 bits per heavy atom. The van der Waals surface area contributed by atoms with Gasteiger partial charge in [0.15, 0.2) is 0 Å². The van der Waals surface area contributed by atoms with Crippen molar-refractivity contribution in [3.8, 4) is 0 Å². The van der Waals surface area contributed by atoms with Gasteiger partial charge in [-0.3, -0.25) is 9.59 Å². The molecule has 0 bridgehead atoms. The van der Waals surface area contributed by atoms with Crippen molar-refractivity contribution >= 4 is 11.9 Å². The van der Waals surface area contributed by atoms with Crippen LogP contribution in [0.2, 0.25) is 0 Å². The Morgan fingerprint density at radius 2 is 0.484 bits per heavy atom. The number of allylic oxidation sites excluding steroid dienone is 16. The second-order valence-corrected chi connectivity index (χ2v) is 27.5. The minimum atomic E-state index is -0.0316. The summed E-state index contributed by atoms with van der Waals surface area (Å²) in [6.45, 7) is 11.9. The standard InChI is InChI=1S/C87H157NO5/c1-5-9-13-17-21-25-29-33-37-41-45-49-53-57-61-65-74-84(75-66-62-58-54-50-46-42-38-34-30-26-22-18-14-10-6-2)92-86(90)78-69-71-80-88(82-73-83-89)81-72-70-79-87(91)93-85(76-67-63-59-55-51-47-43-39-35-31-27-23-19-15-11-7-3)77-68-64-60-56-52-48-44-40-36-32-28-24-20-16-12-8-4/h21-28,33-40,84-85,89H,5-20,29-32,41-83H2,1-4H3/b25-21-,26-22-,27-23-,28-24-,37-33-,38-34-,39-35-,40-36-. The van der Waals surface area contributed by atoms with Crippen LogP contribution in [-0.2, 0) is 19.1 Å². The average molecular weight is 1300 g/mol. The van der Waals surface area contributed by atoms with Crippen molar-refractivity contribution in [1.29, 1.82) is 0 Å². The van der Waals surface area contributed by atoms with Crippen molar-refractivity contribution in [2.75, 3.05) is 26.2 Å². The normalized spacial score (nSPS) is 12.5. The van der Waals surface area contributed by atoms with E-state index in [2.05, 4.69) is 130 Å². The van der Waals surface area contributed by atoms with Gasteiger partial charge in [0.2, 0.25) is 0 Å². The number of carbonyl (C=O) groups is 2. The van der Waals surface area contributed by atoms with Crippen LogP contribution in [0.4, 0.5) is 0 Å². The largest absolute Gasteiger partial charge is 0.462 e. The molecule has 0 aromatic carbocycles. The van der Waals surface area contributed by atoms with Crippen LogP contribution in [-0.4, -0.2) is 60.4 Å². The van der Waals surface area contributed by atoms with Crippen molar-refractivity contribution < 1.29 is 24.2 Å². The molecule has 6 nitrogen and oxygen atoms in total. The van der Waals surface area contributed by atoms with Crippen molar-refractivity contribution in [1.82, 2.24) is 4.90 Å². The van der Waals surface area contributed by atoms with Crippen LogP contribution in [0, 0.1) is 0 Å². The summed E-state index contributed by atoms with van der Waals surface area (Å²) in [4.78, 5) is 29.2.